The molecule has 1 aliphatic carbocycles. The number of hydrogen-bond donors (Lipinski definition) is 0. The number of anilines is 2. The Morgan fingerprint density at radius 2 is 1.66 bits per heavy atom. The lowest BCUT2D eigenvalue weighted by molar-refractivity contribution is -0.144. The number of nitrogens with zero attached hydrogens (tertiary/aromatic N) is 6. The Hall–Kier alpha value is -3.38. The van der Waals surface area contributed by atoms with Crippen molar-refractivity contribution in [3.8, 4) is 0 Å². The molecule has 1 aromatic carbocycles. The number of alkyl halides is 2. The number of esters is 1. The summed E-state index contributed by atoms with van der Waals surface area (Å²) in [6, 6.07) is 5.16. The zero-order valence-corrected chi connectivity index (χ0v) is 30.4. The topological polar surface area (TPSA) is 99.2 Å². The van der Waals surface area contributed by atoms with Gasteiger partial charge in [0.05, 0.1) is 23.6 Å². The molecule has 2 aromatic rings. The fourth-order valence-corrected chi connectivity index (χ4v) is 8.47. The van der Waals surface area contributed by atoms with E-state index in [9.17, 15) is 23.2 Å². The normalized spacial score (nSPS) is 23.7. The molecule has 272 valence electrons. The van der Waals surface area contributed by atoms with Crippen LogP contribution in [0.15, 0.2) is 18.2 Å². The van der Waals surface area contributed by atoms with E-state index in [1.165, 1.54) is 0 Å². The van der Waals surface area contributed by atoms with E-state index < -0.39 is 17.9 Å². The Balaban J connectivity index is 1.04. The summed E-state index contributed by atoms with van der Waals surface area (Å²) in [5.74, 6) is -2.36. The highest BCUT2D eigenvalue weighted by Crippen LogP contribution is 2.38. The van der Waals surface area contributed by atoms with Gasteiger partial charge in [-0.25, -0.2) is 23.5 Å². The van der Waals surface area contributed by atoms with Crippen molar-refractivity contribution in [3.63, 3.8) is 0 Å². The first-order chi connectivity index (χ1) is 23.8. The van der Waals surface area contributed by atoms with E-state index in [1.807, 2.05) is 42.7 Å². The maximum absolute atomic E-state index is 13.9. The Morgan fingerprint density at radius 3 is 2.28 bits per heavy atom. The number of benzene rings is 1. The number of carbonyl (C=O) groups excluding carboxylic acids is 3. The summed E-state index contributed by atoms with van der Waals surface area (Å²) in [6.45, 7) is 12.7. The number of amides is 2. The molecule has 3 atom stereocenters. The van der Waals surface area contributed by atoms with E-state index in [2.05, 4.69) is 4.90 Å². The quantitative estimate of drug-likeness (QED) is 0.283. The van der Waals surface area contributed by atoms with Crippen molar-refractivity contribution < 1.29 is 27.9 Å². The molecule has 0 bridgehead atoms. The van der Waals surface area contributed by atoms with Gasteiger partial charge in [-0.15, -0.1) is 0 Å². The first kappa shape index (κ1) is 36.4. The molecule has 3 unspecified atom stereocenters. The average molecular weight is 715 g/mol. The molecule has 6 rings (SSSR count). The lowest BCUT2D eigenvalue weighted by atomic mass is 9.85. The predicted octanol–water partition coefficient (Wildman–Crippen LogP) is 5.84. The molecule has 13 heteroatoms. The molecule has 4 aliphatic rings. The van der Waals surface area contributed by atoms with Crippen LogP contribution in [0.5, 0.6) is 0 Å². The molecular formula is C37H49ClF2N6O4. The number of halogens is 3. The van der Waals surface area contributed by atoms with Gasteiger partial charge in [0, 0.05) is 68.7 Å². The number of aromatic nitrogens is 2. The van der Waals surface area contributed by atoms with Crippen molar-refractivity contribution in [2.75, 3.05) is 62.2 Å². The Kier molecular flexibility index (Phi) is 11.0. The molecule has 50 heavy (non-hydrogen) atoms. The lowest BCUT2D eigenvalue weighted by Crippen LogP contribution is -2.41. The van der Waals surface area contributed by atoms with Crippen LogP contribution < -0.4 is 9.80 Å². The second-order valence-electron chi connectivity index (χ2n) is 14.6. The van der Waals surface area contributed by atoms with Gasteiger partial charge in [0.15, 0.2) is 0 Å². The van der Waals surface area contributed by atoms with Crippen molar-refractivity contribution in [2.45, 2.75) is 84.6 Å². The number of fused-ring (bicyclic) bond motifs is 1. The highest BCUT2D eigenvalue weighted by molar-refractivity contribution is 6.31. The zero-order valence-electron chi connectivity index (χ0n) is 29.6. The summed E-state index contributed by atoms with van der Waals surface area (Å²) in [5, 5.41) is 0.573. The molecular weight excluding hydrogens is 666 g/mol. The van der Waals surface area contributed by atoms with E-state index >= 15 is 0 Å². The SMILES string of the molecule is CCOC(=O)C1CCCN1c1nc(C)c(C(=O)N2CC3CN(CCCN(C(=O)C4CCC(F)(F)CC4)c4ccc(C)c(Cl)c4)CC3C2)c(C)n1. The number of rotatable bonds is 10. The molecule has 2 amide bonds. The molecule has 10 nitrogen and oxygen atoms in total. The van der Waals surface area contributed by atoms with Gasteiger partial charge in [-0.1, -0.05) is 17.7 Å². The summed E-state index contributed by atoms with van der Waals surface area (Å²) in [4.78, 5) is 57.4. The largest absolute Gasteiger partial charge is 0.464 e. The first-order valence-electron chi connectivity index (χ1n) is 18.1. The number of hydrogen-bond acceptors (Lipinski definition) is 8. The van der Waals surface area contributed by atoms with Gasteiger partial charge < -0.3 is 24.3 Å². The summed E-state index contributed by atoms with van der Waals surface area (Å²) in [6.07, 6.45) is 2.15. The van der Waals surface area contributed by atoms with Gasteiger partial charge in [0.2, 0.25) is 17.8 Å². The van der Waals surface area contributed by atoms with Gasteiger partial charge in [0.25, 0.3) is 5.91 Å². The third-order valence-corrected chi connectivity index (χ3v) is 11.5. The first-order valence-corrected chi connectivity index (χ1v) is 18.5. The van der Waals surface area contributed by atoms with Gasteiger partial charge in [0.1, 0.15) is 6.04 Å². The highest BCUT2D eigenvalue weighted by atomic mass is 35.5. The predicted molar refractivity (Wildman–Crippen MR) is 188 cm³/mol. The fourth-order valence-electron chi connectivity index (χ4n) is 8.30. The molecule has 3 aliphatic heterocycles. The van der Waals surface area contributed by atoms with Gasteiger partial charge in [-0.3, -0.25) is 9.59 Å². The number of aryl methyl sites for hydroxylation is 3. The van der Waals surface area contributed by atoms with E-state index in [0.29, 0.717) is 84.7 Å². The van der Waals surface area contributed by atoms with Crippen LogP contribution in [0.3, 0.4) is 0 Å². The number of ether oxygens (including phenoxy) is 1. The maximum atomic E-state index is 13.9. The van der Waals surface area contributed by atoms with E-state index in [1.54, 1.807) is 17.9 Å². The second-order valence-corrected chi connectivity index (χ2v) is 15.0. The molecule has 0 N–H and O–H groups in total. The summed E-state index contributed by atoms with van der Waals surface area (Å²) >= 11 is 6.43. The molecule has 1 aromatic heterocycles. The minimum Gasteiger partial charge on any atom is -0.464 e. The third kappa shape index (κ3) is 7.76. The molecule has 1 saturated carbocycles. The van der Waals surface area contributed by atoms with Crippen LogP contribution in [0.4, 0.5) is 20.4 Å². The van der Waals surface area contributed by atoms with Crippen LogP contribution in [0, 0.1) is 38.5 Å². The van der Waals surface area contributed by atoms with Crippen LogP contribution >= 0.6 is 11.6 Å². The van der Waals surface area contributed by atoms with E-state index in [-0.39, 0.29) is 43.5 Å². The van der Waals surface area contributed by atoms with Crippen molar-refractivity contribution in [3.05, 3.63) is 45.7 Å². The monoisotopic (exact) mass is 714 g/mol. The number of carbonyl (C=O) groups is 3. The van der Waals surface area contributed by atoms with Crippen molar-refractivity contribution in [1.29, 1.82) is 0 Å². The van der Waals surface area contributed by atoms with Crippen LogP contribution in [-0.2, 0) is 14.3 Å². The molecule has 4 heterocycles. The van der Waals surface area contributed by atoms with Crippen molar-refractivity contribution in [2.24, 2.45) is 17.8 Å². The summed E-state index contributed by atoms with van der Waals surface area (Å²) < 4.78 is 33.0. The third-order valence-electron chi connectivity index (χ3n) is 11.0. The molecule has 4 fully saturated rings. The van der Waals surface area contributed by atoms with Crippen LogP contribution in [0.1, 0.15) is 79.2 Å². The van der Waals surface area contributed by atoms with E-state index in [0.717, 1.165) is 38.0 Å². The Morgan fingerprint density at radius 1 is 1.00 bits per heavy atom. The van der Waals surface area contributed by atoms with Crippen molar-refractivity contribution in [1.82, 2.24) is 19.8 Å². The maximum Gasteiger partial charge on any atom is 0.328 e. The minimum atomic E-state index is -2.69. The Labute approximate surface area is 298 Å². The highest BCUT2D eigenvalue weighted by Gasteiger charge is 2.43. The van der Waals surface area contributed by atoms with Crippen LogP contribution in [-0.4, -0.2) is 102 Å². The molecule has 0 spiro atoms. The van der Waals surface area contributed by atoms with Gasteiger partial charge in [-0.2, -0.15) is 0 Å². The van der Waals surface area contributed by atoms with E-state index in [4.69, 9.17) is 26.3 Å². The van der Waals surface area contributed by atoms with Crippen molar-refractivity contribution >= 4 is 41.0 Å². The van der Waals surface area contributed by atoms with Gasteiger partial charge in [-0.05, 0) is 95.9 Å². The molecule has 3 saturated heterocycles. The summed E-state index contributed by atoms with van der Waals surface area (Å²) in [7, 11) is 0. The van der Waals surface area contributed by atoms with Crippen LogP contribution in [0.2, 0.25) is 5.02 Å². The second kappa shape index (κ2) is 15.1. The number of likely N-dealkylation sites (tertiary alicyclic amines) is 2. The average Bonchev–Trinajstić information content (AvgIpc) is 3.80. The molecule has 0 radical (unpaired) electrons. The van der Waals surface area contributed by atoms with Crippen LogP contribution in [0.25, 0.3) is 0 Å². The minimum absolute atomic E-state index is 0.0535. The standard InChI is InChI=1S/C37H49ClF2N6O4/c1-5-50-35(49)31-8-6-16-46(31)36-41-24(3)32(25(4)42-36)34(48)44-21-27-19-43(20-28(27)22-44)15-7-17-45(29-10-9-23(2)30(38)18-29)33(47)26-11-13-37(39,40)14-12-26/h9-10,18,26-28,31H,5-8,11-17,19-22H2,1-4H3. The Bertz CT molecular complexity index is 1560. The van der Waals surface area contributed by atoms with Gasteiger partial charge >= 0.3 is 5.97 Å². The summed E-state index contributed by atoms with van der Waals surface area (Å²) in [5.41, 5.74) is 3.37. The smallest absolute Gasteiger partial charge is 0.328 e. The lowest BCUT2D eigenvalue weighted by Gasteiger charge is -2.32. The fraction of sp³-hybridized carbons (Fsp3) is 0.649. The zero-order chi connectivity index (χ0) is 35.7.